The van der Waals surface area contributed by atoms with Crippen LogP contribution in [-0.2, 0) is 4.79 Å². The normalized spacial score (nSPS) is 15.9. The molecule has 0 spiro atoms. The van der Waals surface area contributed by atoms with Crippen molar-refractivity contribution in [2.75, 3.05) is 0 Å². The molecule has 0 aliphatic rings. The standard InChI is InChI=1S/C12H26N2O/c1-6-8-11(3,4)14-10(15)12(5,13)9-7-2/h6-9,13H2,1-5H3,(H,14,15). The molecule has 0 aromatic heterocycles. The van der Waals surface area contributed by atoms with Gasteiger partial charge >= 0.3 is 0 Å². The van der Waals surface area contributed by atoms with Gasteiger partial charge in [-0.1, -0.05) is 26.7 Å². The van der Waals surface area contributed by atoms with E-state index in [0.717, 1.165) is 25.7 Å². The van der Waals surface area contributed by atoms with Crippen LogP contribution in [0.4, 0.5) is 0 Å². The van der Waals surface area contributed by atoms with Crippen LogP contribution in [0.5, 0.6) is 0 Å². The van der Waals surface area contributed by atoms with Crippen molar-refractivity contribution < 1.29 is 4.79 Å². The van der Waals surface area contributed by atoms with E-state index in [-0.39, 0.29) is 11.4 Å². The van der Waals surface area contributed by atoms with Crippen LogP contribution >= 0.6 is 0 Å². The average Bonchev–Trinajstić information content (AvgIpc) is 2.02. The number of hydrogen-bond acceptors (Lipinski definition) is 2. The summed E-state index contributed by atoms with van der Waals surface area (Å²) < 4.78 is 0. The van der Waals surface area contributed by atoms with E-state index in [4.69, 9.17) is 5.73 Å². The lowest BCUT2D eigenvalue weighted by Gasteiger charge is -2.31. The van der Waals surface area contributed by atoms with Crippen LogP contribution in [0.3, 0.4) is 0 Å². The first-order chi connectivity index (χ1) is 6.75. The molecule has 15 heavy (non-hydrogen) atoms. The highest BCUT2D eigenvalue weighted by Crippen LogP contribution is 2.15. The zero-order chi connectivity index (χ0) is 12.1. The number of hydrogen-bond donors (Lipinski definition) is 2. The van der Waals surface area contributed by atoms with Crippen LogP contribution in [0, 0.1) is 0 Å². The quantitative estimate of drug-likeness (QED) is 0.712. The van der Waals surface area contributed by atoms with Crippen molar-refractivity contribution in [2.45, 2.75) is 71.4 Å². The summed E-state index contributed by atoms with van der Waals surface area (Å²) in [5, 5.41) is 3.02. The van der Waals surface area contributed by atoms with Crippen LogP contribution < -0.4 is 11.1 Å². The second-order valence-electron chi connectivity index (χ2n) is 5.26. The summed E-state index contributed by atoms with van der Waals surface area (Å²) in [5.74, 6) is -0.0391. The number of nitrogens with one attached hydrogen (secondary N) is 1. The van der Waals surface area contributed by atoms with Crippen molar-refractivity contribution in [1.29, 1.82) is 0 Å². The van der Waals surface area contributed by atoms with Gasteiger partial charge in [-0.15, -0.1) is 0 Å². The number of amides is 1. The summed E-state index contributed by atoms with van der Waals surface area (Å²) in [5.41, 5.74) is 5.07. The summed E-state index contributed by atoms with van der Waals surface area (Å²) in [6.07, 6.45) is 3.68. The zero-order valence-corrected chi connectivity index (χ0v) is 10.8. The van der Waals surface area contributed by atoms with E-state index in [2.05, 4.69) is 12.2 Å². The number of carbonyl (C=O) groups excluding carboxylic acids is 1. The third-order valence-electron chi connectivity index (χ3n) is 2.61. The fraction of sp³-hybridized carbons (Fsp3) is 0.917. The smallest absolute Gasteiger partial charge is 0.240 e. The fourth-order valence-corrected chi connectivity index (χ4v) is 1.77. The molecule has 0 saturated heterocycles. The van der Waals surface area contributed by atoms with Gasteiger partial charge in [-0.2, -0.15) is 0 Å². The van der Waals surface area contributed by atoms with E-state index >= 15 is 0 Å². The Bertz CT molecular complexity index is 210. The molecule has 1 amide bonds. The first kappa shape index (κ1) is 14.4. The molecule has 0 bridgehead atoms. The molecule has 0 aromatic rings. The molecule has 0 radical (unpaired) electrons. The van der Waals surface area contributed by atoms with Crippen LogP contribution in [0.15, 0.2) is 0 Å². The first-order valence-electron chi connectivity index (χ1n) is 5.86. The zero-order valence-electron chi connectivity index (χ0n) is 10.8. The molecule has 1 unspecified atom stereocenters. The van der Waals surface area contributed by atoms with Gasteiger partial charge in [0.25, 0.3) is 0 Å². The first-order valence-corrected chi connectivity index (χ1v) is 5.86. The Morgan fingerprint density at radius 2 is 1.60 bits per heavy atom. The van der Waals surface area contributed by atoms with Gasteiger partial charge in [-0.05, 0) is 33.6 Å². The SMILES string of the molecule is CCCC(C)(C)NC(=O)C(C)(N)CCC. The molecular formula is C12H26N2O. The molecule has 90 valence electrons. The van der Waals surface area contributed by atoms with E-state index in [0.29, 0.717) is 0 Å². The van der Waals surface area contributed by atoms with E-state index < -0.39 is 5.54 Å². The van der Waals surface area contributed by atoms with Gasteiger partial charge in [0, 0.05) is 5.54 Å². The number of carbonyl (C=O) groups is 1. The molecule has 1 atom stereocenters. The fourth-order valence-electron chi connectivity index (χ4n) is 1.77. The predicted octanol–water partition coefficient (Wildman–Crippen LogP) is 2.20. The molecule has 0 fully saturated rings. The van der Waals surface area contributed by atoms with Crippen LogP contribution in [0.25, 0.3) is 0 Å². The van der Waals surface area contributed by atoms with Gasteiger partial charge < -0.3 is 11.1 Å². The maximum absolute atomic E-state index is 11.9. The largest absolute Gasteiger partial charge is 0.350 e. The topological polar surface area (TPSA) is 55.1 Å². The van der Waals surface area contributed by atoms with Crippen molar-refractivity contribution in [3.05, 3.63) is 0 Å². The van der Waals surface area contributed by atoms with E-state index in [1.165, 1.54) is 0 Å². The number of rotatable bonds is 6. The summed E-state index contributed by atoms with van der Waals surface area (Å²) >= 11 is 0. The Balaban J connectivity index is 4.35. The van der Waals surface area contributed by atoms with Gasteiger partial charge in [0.2, 0.25) is 5.91 Å². The van der Waals surface area contributed by atoms with Gasteiger partial charge in [-0.25, -0.2) is 0 Å². The second-order valence-corrected chi connectivity index (χ2v) is 5.26. The minimum absolute atomic E-state index is 0.0391. The predicted molar refractivity (Wildman–Crippen MR) is 64.6 cm³/mol. The second kappa shape index (κ2) is 5.50. The molecule has 0 aliphatic heterocycles. The Kier molecular flexibility index (Phi) is 5.29. The molecule has 0 saturated carbocycles. The summed E-state index contributed by atoms with van der Waals surface area (Å²) in [4.78, 5) is 11.9. The minimum atomic E-state index is -0.736. The Morgan fingerprint density at radius 3 is 2.00 bits per heavy atom. The van der Waals surface area contributed by atoms with Crippen LogP contribution in [0.1, 0.15) is 60.3 Å². The van der Waals surface area contributed by atoms with Gasteiger partial charge in [0.15, 0.2) is 0 Å². The Labute approximate surface area is 93.8 Å². The molecule has 0 rings (SSSR count). The third kappa shape index (κ3) is 5.17. The van der Waals surface area contributed by atoms with E-state index in [9.17, 15) is 4.79 Å². The molecule has 3 heteroatoms. The number of nitrogens with two attached hydrogens (primary N) is 1. The average molecular weight is 214 g/mol. The van der Waals surface area contributed by atoms with Crippen molar-refractivity contribution in [3.8, 4) is 0 Å². The van der Waals surface area contributed by atoms with Crippen molar-refractivity contribution in [3.63, 3.8) is 0 Å². The van der Waals surface area contributed by atoms with E-state index in [1.807, 2.05) is 20.8 Å². The lowest BCUT2D eigenvalue weighted by molar-refractivity contribution is -0.127. The molecule has 0 aromatic carbocycles. The summed E-state index contributed by atoms with van der Waals surface area (Å²) in [6.45, 7) is 10.0. The lowest BCUT2D eigenvalue weighted by atomic mass is 9.92. The lowest BCUT2D eigenvalue weighted by Crippen LogP contribution is -2.57. The minimum Gasteiger partial charge on any atom is -0.350 e. The van der Waals surface area contributed by atoms with Crippen molar-refractivity contribution in [2.24, 2.45) is 5.73 Å². The highest BCUT2D eigenvalue weighted by atomic mass is 16.2. The van der Waals surface area contributed by atoms with Crippen molar-refractivity contribution >= 4 is 5.91 Å². The summed E-state index contributed by atoms with van der Waals surface area (Å²) in [7, 11) is 0. The Hall–Kier alpha value is -0.570. The molecule has 0 aliphatic carbocycles. The van der Waals surface area contributed by atoms with Gasteiger partial charge in [0.05, 0.1) is 5.54 Å². The highest BCUT2D eigenvalue weighted by molar-refractivity contribution is 5.86. The van der Waals surface area contributed by atoms with Gasteiger partial charge in [-0.3, -0.25) is 4.79 Å². The molecule has 3 nitrogen and oxygen atoms in total. The third-order valence-corrected chi connectivity index (χ3v) is 2.61. The van der Waals surface area contributed by atoms with E-state index in [1.54, 1.807) is 6.92 Å². The monoisotopic (exact) mass is 214 g/mol. The summed E-state index contributed by atoms with van der Waals surface area (Å²) in [6, 6.07) is 0. The molecular weight excluding hydrogens is 188 g/mol. The Morgan fingerprint density at radius 1 is 1.13 bits per heavy atom. The molecule has 3 N–H and O–H groups in total. The maximum Gasteiger partial charge on any atom is 0.240 e. The highest BCUT2D eigenvalue weighted by Gasteiger charge is 2.31. The maximum atomic E-state index is 11.9. The molecule has 0 heterocycles. The van der Waals surface area contributed by atoms with Crippen LogP contribution in [0.2, 0.25) is 0 Å². The van der Waals surface area contributed by atoms with Crippen molar-refractivity contribution in [1.82, 2.24) is 5.32 Å². The van der Waals surface area contributed by atoms with Crippen LogP contribution in [-0.4, -0.2) is 17.0 Å². The van der Waals surface area contributed by atoms with Gasteiger partial charge in [0.1, 0.15) is 0 Å².